The summed E-state index contributed by atoms with van der Waals surface area (Å²) in [6.45, 7) is 4.50. The summed E-state index contributed by atoms with van der Waals surface area (Å²) in [5, 5.41) is 2.83. The molecule has 0 aliphatic carbocycles. The predicted molar refractivity (Wildman–Crippen MR) is 91.8 cm³/mol. The monoisotopic (exact) mass is 327 g/mol. The first-order valence-electron chi connectivity index (χ1n) is 8.08. The molecule has 1 aliphatic heterocycles. The molecule has 126 valence electrons. The average Bonchev–Trinajstić information content (AvgIpc) is 3.07. The minimum atomic E-state index is -0.205. The van der Waals surface area contributed by atoms with Gasteiger partial charge in [0.05, 0.1) is 0 Å². The van der Waals surface area contributed by atoms with Gasteiger partial charge in [-0.25, -0.2) is 0 Å². The van der Waals surface area contributed by atoms with Crippen LogP contribution >= 0.6 is 0 Å². The molecule has 1 N–H and O–H groups in total. The maximum Gasteiger partial charge on any atom is 0.262 e. The molecule has 2 aromatic carbocycles. The normalized spacial score (nSPS) is 13.4. The van der Waals surface area contributed by atoms with Crippen molar-refractivity contribution in [2.75, 3.05) is 18.7 Å². The Morgan fingerprint density at radius 1 is 1.17 bits per heavy atom. The van der Waals surface area contributed by atoms with Gasteiger partial charge in [0.15, 0.2) is 18.1 Å². The summed E-state index contributed by atoms with van der Waals surface area (Å²) in [4.78, 5) is 12.0. The van der Waals surface area contributed by atoms with Crippen LogP contribution in [-0.4, -0.2) is 19.3 Å². The Morgan fingerprint density at radius 2 is 1.92 bits per heavy atom. The summed E-state index contributed by atoms with van der Waals surface area (Å²) < 4.78 is 16.0. The third-order valence-electron chi connectivity index (χ3n) is 4.09. The molecule has 5 heteroatoms. The molecule has 3 rings (SSSR count). The topological polar surface area (TPSA) is 56.8 Å². The molecule has 1 unspecified atom stereocenters. The van der Waals surface area contributed by atoms with E-state index in [4.69, 9.17) is 14.2 Å². The minimum Gasteiger partial charge on any atom is -0.484 e. The van der Waals surface area contributed by atoms with Crippen LogP contribution in [0.15, 0.2) is 42.5 Å². The van der Waals surface area contributed by atoms with Gasteiger partial charge >= 0.3 is 0 Å². The zero-order valence-electron chi connectivity index (χ0n) is 13.9. The summed E-state index contributed by atoms with van der Waals surface area (Å²) in [6.07, 6.45) is 1.09. The smallest absolute Gasteiger partial charge is 0.262 e. The molecule has 0 spiro atoms. The number of ether oxygens (including phenoxy) is 3. The lowest BCUT2D eigenvalue weighted by Gasteiger charge is -2.11. The molecular weight excluding hydrogens is 306 g/mol. The van der Waals surface area contributed by atoms with Crippen molar-refractivity contribution in [3.63, 3.8) is 0 Å². The summed E-state index contributed by atoms with van der Waals surface area (Å²) in [5.74, 6) is 2.20. The van der Waals surface area contributed by atoms with Gasteiger partial charge in [0, 0.05) is 11.8 Å². The van der Waals surface area contributed by atoms with Crippen LogP contribution in [-0.2, 0) is 4.79 Å². The van der Waals surface area contributed by atoms with Gasteiger partial charge in [-0.3, -0.25) is 4.79 Å². The van der Waals surface area contributed by atoms with Crippen LogP contribution in [0.3, 0.4) is 0 Å². The standard InChI is InChI=1S/C19H21NO4/c1-3-13(2)14-4-6-15(7-5-14)20-19(21)11-22-16-8-9-17-18(10-16)24-12-23-17/h4-10,13H,3,11-12H2,1-2H3,(H,20,21). The van der Waals surface area contributed by atoms with Crippen molar-refractivity contribution in [3.05, 3.63) is 48.0 Å². The molecule has 2 aromatic rings. The van der Waals surface area contributed by atoms with E-state index in [1.807, 2.05) is 24.3 Å². The fourth-order valence-corrected chi connectivity index (χ4v) is 2.44. The van der Waals surface area contributed by atoms with Crippen molar-refractivity contribution in [1.29, 1.82) is 0 Å². The van der Waals surface area contributed by atoms with E-state index < -0.39 is 0 Å². The second-order valence-electron chi connectivity index (χ2n) is 5.78. The molecule has 1 atom stereocenters. The predicted octanol–water partition coefficient (Wildman–Crippen LogP) is 3.95. The fourth-order valence-electron chi connectivity index (χ4n) is 2.44. The van der Waals surface area contributed by atoms with Gasteiger partial charge in [-0.05, 0) is 42.2 Å². The highest BCUT2D eigenvalue weighted by molar-refractivity contribution is 5.91. The molecule has 0 fully saturated rings. The Kier molecular flexibility index (Phi) is 4.89. The van der Waals surface area contributed by atoms with Gasteiger partial charge in [0.25, 0.3) is 5.91 Å². The summed E-state index contributed by atoms with van der Waals surface area (Å²) >= 11 is 0. The molecule has 0 saturated heterocycles. The number of fused-ring (bicyclic) bond motifs is 1. The Labute approximate surface area is 141 Å². The fraction of sp³-hybridized carbons (Fsp3) is 0.316. The van der Waals surface area contributed by atoms with Crippen molar-refractivity contribution in [3.8, 4) is 17.2 Å². The van der Waals surface area contributed by atoms with Gasteiger partial charge in [-0.15, -0.1) is 0 Å². The number of amides is 1. The summed E-state index contributed by atoms with van der Waals surface area (Å²) in [5.41, 5.74) is 2.04. The summed E-state index contributed by atoms with van der Waals surface area (Å²) in [7, 11) is 0. The van der Waals surface area contributed by atoms with E-state index in [2.05, 4.69) is 19.2 Å². The third kappa shape index (κ3) is 3.79. The van der Waals surface area contributed by atoms with E-state index in [1.165, 1.54) is 5.56 Å². The highest BCUT2D eigenvalue weighted by Gasteiger charge is 2.14. The Hall–Kier alpha value is -2.69. The molecule has 24 heavy (non-hydrogen) atoms. The quantitative estimate of drug-likeness (QED) is 0.873. The minimum absolute atomic E-state index is 0.0627. The summed E-state index contributed by atoms with van der Waals surface area (Å²) in [6, 6.07) is 13.2. The van der Waals surface area contributed by atoms with E-state index in [-0.39, 0.29) is 19.3 Å². The van der Waals surface area contributed by atoms with Crippen LogP contribution in [0.25, 0.3) is 0 Å². The van der Waals surface area contributed by atoms with E-state index in [9.17, 15) is 4.79 Å². The van der Waals surface area contributed by atoms with Gasteiger partial charge in [-0.1, -0.05) is 26.0 Å². The lowest BCUT2D eigenvalue weighted by Crippen LogP contribution is -2.20. The second-order valence-corrected chi connectivity index (χ2v) is 5.78. The van der Waals surface area contributed by atoms with Gasteiger partial charge in [-0.2, -0.15) is 0 Å². The van der Waals surface area contributed by atoms with Crippen molar-refractivity contribution >= 4 is 11.6 Å². The second kappa shape index (κ2) is 7.25. The Bertz CT molecular complexity index is 712. The number of anilines is 1. The van der Waals surface area contributed by atoms with E-state index in [0.29, 0.717) is 23.2 Å². The number of nitrogens with one attached hydrogen (secondary N) is 1. The molecular formula is C19H21NO4. The molecule has 5 nitrogen and oxygen atoms in total. The number of carbonyl (C=O) groups excluding carboxylic acids is 1. The van der Waals surface area contributed by atoms with E-state index >= 15 is 0 Å². The number of hydrogen-bond acceptors (Lipinski definition) is 4. The maximum atomic E-state index is 12.0. The molecule has 1 aliphatic rings. The van der Waals surface area contributed by atoms with Gasteiger partial charge in [0.2, 0.25) is 6.79 Å². The SMILES string of the molecule is CCC(C)c1ccc(NC(=O)COc2ccc3c(c2)OCO3)cc1. The van der Waals surface area contributed by atoms with Crippen molar-refractivity contribution in [1.82, 2.24) is 0 Å². The number of hydrogen-bond donors (Lipinski definition) is 1. The van der Waals surface area contributed by atoms with Gasteiger partial charge in [0.1, 0.15) is 5.75 Å². The van der Waals surface area contributed by atoms with Crippen LogP contribution in [0.1, 0.15) is 31.7 Å². The van der Waals surface area contributed by atoms with Crippen LogP contribution in [0.4, 0.5) is 5.69 Å². The van der Waals surface area contributed by atoms with Crippen molar-refractivity contribution < 1.29 is 19.0 Å². The third-order valence-corrected chi connectivity index (χ3v) is 4.09. The first-order chi connectivity index (χ1) is 11.7. The first-order valence-corrected chi connectivity index (χ1v) is 8.08. The number of rotatable bonds is 6. The van der Waals surface area contributed by atoms with Gasteiger partial charge < -0.3 is 19.5 Å². The van der Waals surface area contributed by atoms with E-state index in [1.54, 1.807) is 18.2 Å². The lowest BCUT2D eigenvalue weighted by atomic mass is 9.99. The van der Waals surface area contributed by atoms with Crippen molar-refractivity contribution in [2.24, 2.45) is 0 Å². The highest BCUT2D eigenvalue weighted by atomic mass is 16.7. The van der Waals surface area contributed by atoms with Crippen LogP contribution < -0.4 is 19.5 Å². The highest BCUT2D eigenvalue weighted by Crippen LogP contribution is 2.35. The maximum absolute atomic E-state index is 12.0. The zero-order valence-corrected chi connectivity index (χ0v) is 13.9. The zero-order chi connectivity index (χ0) is 16.9. The molecule has 0 saturated carbocycles. The molecule has 1 heterocycles. The van der Waals surface area contributed by atoms with E-state index in [0.717, 1.165) is 12.1 Å². The molecule has 0 aromatic heterocycles. The van der Waals surface area contributed by atoms with Crippen LogP contribution in [0.2, 0.25) is 0 Å². The molecule has 1 amide bonds. The Balaban J connectivity index is 1.52. The molecule has 0 bridgehead atoms. The number of benzene rings is 2. The van der Waals surface area contributed by atoms with Crippen LogP contribution in [0, 0.1) is 0 Å². The molecule has 0 radical (unpaired) electrons. The number of carbonyl (C=O) groups is 1. The largest absolute Gasteiger partial charge is 0.484 e. The van der Waals surface area contributed by atoms with Crippen LogP contribution in [0.5, 0.6) is 17.2 Å². The first kappa shape index (κ1) is 16.2. The van der Waals surface area contributed by atoms with Crippen molar-refractivity contribution in [2.45, 2.75) is 26.2 Å². The lowest BCUT2D eigenvalue weighted by molar-refractivity contribution is -0.118. The average molecular weight is 327 g/mol. The Morgan fingerprint density at radius 3 is 2.67 bits per heavy atom.